The van der Waals surface area contributed by atoms with Crippen LogP contribution in [0.25, 0.3) is 21.6 Å². The summed E-state index contributed by atoms with van der Waals surface area (Å²) < 4.78 is 10.0. The summed E-state index contributed by atoms with van der Waals surface area (Å²) >= 11 is 1.26. The molecule has 1 aliphatic rings. The molecule has 8 heteroatoms. The molecule has 3 heterocycles. The first-order valence-electron chi connectivity index (χ1n) is 9.14. The predicted octanol–water partition coefficient (Wildman–Crippen LogP) is 3.49. The molecular weight excluding hydrogens is 386 g/mol. The number of benzene rings is 2. The maximum atomic E-state index is 11.7. The van der Waals surface area contributed by atoms with Gasteiger partial charge in [0, 0.05) is 17.5 Å². The molecule has 0 fully saturated rings. The van der Waals surface area contributed by atoms with Crippen molar-refractivity contribution in [2.75, 3.05) is 5.32 Å². The van der Waals surface area contributed by atoms with Gasteiger partial charge in [-0.05, 0) is 23.2 Å². The third-order valence-electron chi connectivity index (χ3n) is 4.86. The normalized spacial score (nSPS) is 12.8. The van der Waals surface area contributed by atoms with Crippen LogP contribution in [0, 0.1) is 0 Å². The van der Waals surface area contributed by atoms with Crippen molar-refractivity contribution in [2.24, 2.45) is 5.73 Å². The number of aromatic nitrogens is 3. The largest absolute Gasteiger partial charge is 0.370 e. The highest BCUT2D eigenvalue weighted by Gasteiger charge is 2.23. The molecule has 0 saturated carbocycles. The van der Waals surface area contributed by atoms with Gasteiger partial charge in [-0.3, -0.25) is 4.79 Å². The number of nitrogens with one attached hydrogen (secondary N) is 1. The van der Waals surface area contributed by atoms with Gasteiger partial charge in [-0.15, -0.1) is 0 Å². The van der Waals surface area contributed by atoms with Gasteiger partial charge in [0.25, 0.3) is 5.91 Å². The van der Waals surface area contributed by atoms with Gasteiger partial charge in [-0.25, -0.2) is 9.97 Å². The standard InChI is InChI=1S/C21H17N5O2S/c22-19(27)14-8-4-7-13-17(14)26-29-18(13)21-24-16-11-28-10-15(16)20(25-21)23-9-12-5-2-1-3-6-12/h1-8H,9-11H2,(H2,22,27)(H,23,24,25). The summed E-state index contributed by atoms with van der Waals surface area (Å²) in [6, 6.07) is 15.5. The van der Waals surface area contributed by atoms with E-state index < -0.39 is 5.91 Å². The minimum atomic E-state index is -0.499. The molecule has 0 bridgehead atoms. The number of amides is 1. The van der Waals surface area contributed by atoms with Gasteiger partial charge < -0.3 is 15.8 Å². The van der Waals surface area contributed by atoms with Gasteiger partial charge in [0.2, 0.25) is 0 Å². The molecule has 3 N–H and O–H groups in total. The third kappa shape index (κ3) is 3.22. The fourth-order valence-electron chi connectivity index (χ4n) is 3.41. The Balaban J connectivity index is 1.57. The lowest BCUT2D eigenvalue weighted by atomic mass is 10.1. The molecule has 144 valence electrons. The maximum Gasteiger partial charge on any atom is 0.250 e. The van der Waals surface area contributed by atoms with Gasteiger partial charge in [0.1, 0.15) is 10.7 Å². The predicted molar refractivity (Wildman–Crippen MR) is 111 cm³/mol. The second-order valence-corrected chi connectivity index (χ2v) is 7.50. The number of primary amides is 1. The summed E-state index contributed by atoms with van der Waals surface area (Å²) in [5.41, 5.74) is 9.49. The van der Waals surface area contributed by atoms with Crippen molar-refractivity contribution in [2.45, 2.75) is 19.8 Å². The number of nitrogens with zero attached hydrogens (tertiary/aromatic N) is 3. The average molecular weight is 403 g/mol. The second kappa shape index (κ2) is 7.23. The Morgan fingerprint density at radius 2 is 1.97 bits per heavy atom. The summed E-state index contributed by atoms with van der Waals surface area (Å²) in [6.45, 7) is 1.59. The molecule has 1 aliphatic heterocycles. The van der Waals surface area contributed by atoms with Crippen molar-refractivity contribution in [1.29, 1.82) is 0 Å². The number of hydrogen-bond donors (Lipinski definition) is 2. The zero-order valence-electron chi connectivity index (χ0n) is 15.4. The van der Waals surface area contributed by atoms with E-state index in [1.165, 1.54) is 11.5 Å². The van der Waals surface area contributed by atoms with Gasteiger partial charge in [-0.2, -0.15) is 4.37 Å². The molecule has 2 aromatic carbocycles. The van der Waals surface area contributed by atoms with E-state index in [0.29, 0.717) is 36.7 Å². The van der Waals surface area contributed by atoms with Crippen molar-refractivity contribution in [1.82, 2.24) is 14.3 Å². The fourth-order valence-corrected chi connectivity index (χ4v) is 4.22. The first-order chi connectivity index (χ1) is 14.2. The maximum absolute atomic E-state index is 11.7. The fraction of sp³-hybridized carbons (Fsp3) is 0.143. The van der Waals surface area contributed by atoms with E-state index in [-0.39, 0.29) is 0 Å². The number of anilines is 1. The summed E-state index contributed by atoms with van der Waals surface area (Å²) in [7, 11) is 0. The Morgan fingerprint density at radius 1 is 1.10 bits per heavy atom. The summed E-state index contributed by atoms with van der Waals surface area (Å²) in [6.07, 6.45) is 0. The van der Waals surface area contributed by atoms with Crippen molar-refractivity contribution in [3.63, 3.8) is 0 Å². The zero-order chi connectivity index (χ0) is 19.8. The molecular formula is C21H17N5O2S. The molecule has 0 saturated heterocycles. The Bertz CT molecular complexity index is 1220. The summed E-state index contributed by atoms with van der Waals surface area (Å²) in [5, 5.41) is 4.24. The van der Waals surface area contributed by atoms with Crippen molar-refractivity contribution in [3.8, 4) is 10.7 Å². The highest BCUT2D eigenvalue weighted by molar-refractivity contribution is 7.11. The van der Waals surface area contributed by atoms with E-state index in [0.717, 1.165) is 32.9 Å². The van der Waals surface area contributed by atoms with Crippen LogP contribution in [0.3, 0.4) is 0 Å². The van der Waals surface area contributed by atoms with Gasteiger partial charge in [0.05, 0.1) is 30.0 Å². The second-order valence-electron chi connectivity index (χ2n) is 6.73. The van der Waals surface area contributed by atoms with E-state index in [1.807, 2.05) is 24.3 Å². The molecule has 1 amide bonds. The molecule has 0 radical (unpaired) electrons. The molecule has 0 spiro atoms. The molecule has 7 nitrogen and oxygen atoms in total. The Hall–Kier alpha value is -3.36. The van der Waals surface area contributed by atoms with Gasteiger partial charge >= 0.3 is 0 Å². The molecule has 0 aliphatic carbocycles. The first kappa shape index (κ1) is 17.7. The minimum absolute atomic E-state index is 0.400. The number of ether oxygens (including phenoxy) is 1. The monoisotopic (exact) mass is 403 g/mol. The lowest BCUT2D eigenvalue weighted by Gasteiger charge is -2.11. The number of carbonyl (C=O) groups excluding carboxylic acids is 1. The van der Waals surface area contributed by atoms with Gasteiger partial charge in [0.15, 0.2) is 5.82 Å². The van der Waals surface area contributed by atoms with Crippen molar-refractivity contribution in [3.05, 3.63) is 70.9 Å². The van der Waals surface area contributed by atoms with E-state index in [1.54, 1.807) is 12.1 Å². The highest BCUT2D eigenvalue weighted by atomic mass is 32.1. The van der Waals surface area contributed by atoms with Crippen LogP contribution in [0.15, 0.2) is 48.5 Å². The molecule has 4 aromatic rings. The van der Waals surface area contributed by atoms with E-state index in [9.17, 15) is 4.79 Å². The lowest BCUT2D eigenvalue weighted by molar-refractivity contribution is 0.100. The van der Waals surface area contributed by atoms with Crippen molar-refractivity contribution >= 4 is 34.2 Å². The molecule has 5 rings (SSSR count). The van der Waals surface area contributed by atoms with Crippen LogP contribution in [-0.2, 0) is 24.5 Å². The SMILES string of the molecule is NC(=O)c1cccc2c(-c3nc4c(c(NCc5ccccc5)n3)COC4)snc12. The zero-order valence-corrected chi connectivity index (χ0v) is 16.2. The van der Waals surface area contributed by atoms with E-state index in [4.69, 9.17) is 20.4 Å². The molecule has 0 atom stereocenters. The van der Waals surface area contributed by atoms with Crippen LogP contribution in [0.2, 0.25) is 0 Å². The highest BCUT2D eigenvalue weighted by Crippen LogP contribution is 2.35. The van der Waals surface area contributed by atoms with E-state index in [2.05, 4.69) is 21.8 Å². The number of fused-ring (bicyclic) bond motifs is 2. The Kier molecular flexibility index (Phi) is 4.42. The quantitative estimate of drug-likeness (QED) is 0.529. The summed E-state index contributed by atoms with van der Waals surface area (Å²) in [4.78, 5) is 22.0. The van der Waals surface area contributed by atoms with Crippen LogP contribution in [0.5, 0.6) is 0 Å². The van der Waals surface area contributed by atoms with Crippen LogP contribution < -0.4 is 11.1 Å². The summed E-state index contributed by atoms with van der Waals surface area (Å²) in [5.74, 6) is 0.832. The van der Waals surface area contributed by atoms with E-state index >= 15 is 0 Å². The minimum Gasteiger partial charge on any atom is -0.370 e. The number of nitrogens with two attached hydrogens (primary N) is 1. The smallest absolute Gasteiger partial charge is 0.250 e. The average Bonchev–Trinajstić information content (AvgIpc) is 3.39. The van der Waals surface area contributed by atoms with Crippen LogP contribution in [-0.4, -0.2) is 20.2 Å². The first-order valence-corrected chi connectivity index (χ1v) is 9.92. The number of rotatable bonds is 5. The number of hydrogen-bond acceptors (Lipinski definition) is 7. The van der Waals surface area contributed by atoms with Crippen LogP contribution >= 0.6 is 11.5 Å². The number of carbonyl (C=O) groups is 1. The van der Waals surface area contributed by atoms with Gasteiger partial charge in [-0.1, -0.05) is 42.5 Å². The van der Waals surface area contributed by atoms with Crippen LogP contribution in [0.4, 0.5) is 5.82 Å². The topological polar surface area (TPSA) is 103 Å². The van der Waals surface area contributed by atoms with Crippen LogP contribution in [0.1, 0.15) is 27.2 Å². The molecule has 0 unspecified atom stereocenters. The third-order valence-corrected chi connectivity index (χ3v) is 5.72. The molecule has 29 heavy (non-hydrogen) atoms. The Morgan fingerprint density at radius 3 is 2.79 bits per heavy atom. The Labute approximate surface area is 170 Å². The molecule has 2 aromatic heterocycles. The lowest BCUT2D eigenvalue weighted by Crippen LogP contribution is -2.11. The van der Waals surface area contributed by atoms with Crippen molar-refractivity contribution < 1.29 is 9.53 Å².